The number of carbonyl (C=O) groups excluding carboxylic acids is 1. The van der Waals surface area contributed by atoms with Gasteiger partial charge in [0.05, 0.1) is 17.9 Å². The van der Waals surface area contributed by atoms with Gasteiger partial charge in [0, 0.05) is 25.4 Å². The van der Waals surface area contributed by atoms with Gasteiger partial charge >= 0.3 is 0 Å². The van der Waals surface area contributed by atoms with Gasteiger partial charge in [-0.3, -0.25) is 4.79 Å². The molecule has 1 aromatic heterocycles. The van der Waals surface area contributed by atoms with Crippen LogP contribution >= 0.6 is 0 Å². The Balaban J connectivity index is 2.07. The summed E-state index contributed by atoms with van der Waals surface area (Å²) in [7, 11) is 0. The van der Waals surface area contributed by atoms with Crippen molar-refractivity contribution in [1.82, 2.24) is 4.90 Å². The summed E-state index contributed by atoms with van der Waals surface area (Å²) in [5, 5.41) is 9.53. The molecule has 2 atom stereocenters. The number of amides is 1. The first-order valence-electron chi connectivity index (χ1n) is 6.17. The average Bonchev–Trinajstić information content (AvgIpc) is 2.96. The lowest BCUT2D eigenvalue weighted by Gasteiger charge is -2.17. The third-order valence-electron chi connectivity index (χ3n) is 3.49. The Bertz CT molecular complexity index is 397. The highest BCUT2D eigenvalue weighted by Gasteiger charge is 2.30. The van der Waals surface area contributed by atoms with Crippen molar-refractivity contribution in [1.29, 1.82) is 0 Å². The molecule has 1 aromatic rings. The van der Waals surface area contributed by atoms with Gasteiger partial charge in [-0.15, -0.1) is 0 Å². The first kappa shape index (κ1) is 12.2. The molecule has 1 N–H and O–H groups in total. The smallest absolute Gasteiger partial charge is 0.257 e. The van der Waals surface area contributed by atoms with E-state index in [4.69, 9.17) is 4.42 Å². The van der Waals surface area contributed by atoms with Gasteiger partial charge in [0.1, 0.15) is 5.76 Å². The molecule has 1 fully saturated rings. The highest BCUT2D eigenvalue weighted by atomic mass is 16.3. The number of likely N-dealkylation sites (tertiary alicyclic amines) is 1. The van der Waals surface area contributed by atoms with Crippen LogP contribution in [0.1, 0.15) is 36.4 Å². The van der Waals surface area contributed by atoms with Crippen molar-refractivity contribution in [3.8, 4) is 0 Å². The van der Waals surface area contributed by atoms with Gasteiger partial charge in [0.25, 0.3) is 5.91 Å². The monoisotopic (exact) mass is 237 g/mol. The summed E-state index contributed by atoms with van der Waals surface area (Å²) in [5.74, 6) is 0.977. The third-order valence-corrected chi connectivity index (χ3v) is 3.49. The summed E-state index contributed by atoms with van der Waals surface area (Å²) in [5.41, 5.74) is 0.666. The molecular weight excluding hydrogens is 218 g/mol. The number of rotatable bonds is 3. The maximum atomic E-state index is 12.2. The molecule has 0 radical (unpaired) electrons. The number of aryl methyl sites for hydroxylation is 1. The second-order valence-electron chi connectivity index (χ2n) is 4.65. The maximum absolute atomic E-state index is 12.2. The van der Waals surface area contributed by atoms with Gasteiger partial charge in [-0.1, -0.05) is 6.92 Å². The Morgan fingerprint density at radius 3 is 3.06 bits per heavy atom. The fraction of sp³-hybridized carbons (Fsp3) is 0.615. The Labute approximate surface area is 101 Å². The standard InChI is InChI=1S/C13H19NO3/c1-3-12-11(5-7-17-12)13(16)14-6-4-10(8-14)9(2)15/h5,7,9-10,15H,3-4,6,8H2,1-2H3. The molecule has 17 heavy (non-hydrogen) atoms. The molecule has 1 aliphatic rings. The molecule has 0 aromatic carbocycles. The van der Waals surface area contributed by atoms with E-state index in [1.54, 1.807) is 24.2 Å². The second kappa shape index (κ2) is 4.92. The number of nitrogens with zero attached hydrogens (tertiary/aromatic N) is 1. The zero-order valence-corrected chi connectivity index (χ0v) is 10.3. The van der Waals surface area contributed by atoms with Gasteiger partial charge in [-0.25, -0.2) is 0 Å². The van der Waals surface area contributed by atoms with E-state index in [1.807, 2.05) is 6.92 Å². The van der Waals surface area contributed by atoms with E-state index >= 15 is 0 Å². The van der Waals surface area contributed by atoms with Crippen LogP contribution in [0.2, 0.25) is 0 Å². The molecule has 1 saturated heterocycles. The molecule has 1 amide bonds. The fourth-order valence-electron chi connectivity index (χ4n) is 2.34. The average molecular weight is 237 g/mol. The van der Waals surface area contributed by atoms with Crippen LogP contribution in [0.3, 0.4) is 0 Å². The maximum Gasteiger partial charge on any atom is 0.257 e. The summed E-state index contributed by atoms with van der Waals surface area (Å²) in [6.07, 6.45) is 2.82. The minimum atomic E-state index is -0.345. The van der Waals surface area contributed by atoms with Crippen LogP contribution in [0.25, 0.3) is 0 Å². The summed E-state index contributed by atoms with van der Waals surface area (Å²) >= 11 is 0. The van der Waals surface area contributed by atoms with Gasteiger partial charge in [-0.05, 0) is 19.4 Å². The second-order valence-corrected chi connectivity index (χ2v) is 4.65. The minimum Gasteiger partial charge on any atom is -0.469 e. The predicted octanol–water partition coefficient (Wildman–Crippen LogP) is 1.68. The van der Waals surface area contributed by atoms with Crippen LogP contribution in [0.15, 0.2) is 16.7 Å². The number of furan rings is 1. The van der Waals surface area contributed by atoms with Gasteiger partial charge < -0.3 is 14.4 Å². The molecule has 4 heteroatoms. The number of carbonyl (C=O) groups is 1. The molecule has 2 rings (SSSR count). The zero-order chi connectivity index (χ0) is 12.4. The third kappa shape index (κ3) is 2.36. The van der Waals surface area contributed by atoms with Crippen LogP contribution in [0, 0.1) is 5.92 Å². The first-order valence-corrected chi connectivity index (χ1v) is 6.17. The van der Waals surface area contributed by atoms with E-state index in [2.05, 4.69) is 0 Å². The van der Waals surface area contributed by atoms with Crippen molar-refractivity contribution in [2.75, 3.05) is 13.1 Å². The highest BCUT2D eigenvalue weighted by Crippen LogP contribution is 2.23. The lowest BCUT2D eigenvalue weighted by atomic mass is 10.0. The number of aliphatic hydroxyl groups excluding tert-OH is 1. The van der Waals surface area contributed by atoms with Gasteiger partial charge in [-0.2, -0.15) is 0 Å². The van der Waals surface area contributed by atoms with Crippen LogP contribution in [-0.4, -0.2) is 35.1 Å². The van der Waals surface area contributed by atoms with E-state index in [-0.39, 0.29) is 17.9 Å². The highest BCUT2D eigenvalue weighted by molar-refractivity contribution is 5.95. The number of aliphatic hydroxyl groups is 1. The molecule has 2 unspecified atom stereocenters. The Kier molecular flexibility index (Phi) is 3.52. The van der Waals surface area contributed by atoms with Gasteiger partial charge in [0.15, 0.2) is 0 Å². The number of hydrogen-bond donors (Lipinski definition) is 1. The van der Waals surface area contributed by atoms with Crippen LogP contribution in [0.4, 0.5) is 0 Å². The Morgan fingerprint density at radius 1 is 1.71 bits per heavy atom. The zero-order valence-electron chi connectivity index (χ0n) is 10.3. The largest absolute Gasteiger partial charge is 0.469 e. The van der Waals surface area contributed by atoms with Crippen LogP contribution in [0.5, 0.6) is 0 Å². The van der Waals surface area contributed by atoms with E-state index in [0.717, 1.165) is 25.1 Å². The molecule has 0 spiro atoms. The summed E-state index contributed by atoms with van der Waals surface area (Å²) in [6, 6.07) is 1.73. The lowest BCUT2D eigenvalue weighted by Crippen LogP contribution is -2.30. The SMILES string of the molecule is CCc1occc1C(=O)N1CCC(C(C)O)C1. The van der Waals surface area contributed by atoms with Crippen molar-refractivity contribution in [2.45, 2.75) is 32.8 Å². The van der Waals surface area contributed by atoms with Crippen LogP contribution < -0.4 is 0 Å². The van der Waals surface area contributed by atoms with E-state index in [0.29, 0.717) is 12.1 Å². The molecular formula is C13H19NO3. The van der Waals surface area contributed by atoms with Crippen LogP contribution in [-0.2, 0) is 6.42 Å². The molecule has 2 heterocycles. The summed E-state index contributed by atoms with van der Waals surface area (Å²) < 4.78 is 5.27. The normalized spacial score (nSPS) is 21.8. The molecule has 1 aliphatic heterocycles. The molecule has 0 bridgehead atoms. The molecule has 4 nitrogen and oxygen atoms in total. The fourth-order valence-corrected chi connectivity index (χ4v) is 2.34. The van der Waals surface area contributed by atoms with Crippen molar-refractivity contribution in [3.63, 3.8) is 0 Å². The Morgan fingerprint density at radius 2 is 2.47 bits per heavy atom. The van der Waals surface area contributed by atoms with E-state index in [1.165, 1.54) is 0 Å². The summed E-state index contributed by atoms with van der Waals surface area (Å²) in [6.45, 7) is 5.12. The number of hydrogen-bond acceptors (Lipinski definition) is 3. The quantitative estimate of drug-likeness (QED) is 0.870. The van der Waals surface area contributed by atoms with Gasteiger partial charge in [0.2, 0.25) is 0 Å². The lowest BCUT2D eigenvalue weighted by molar-refractivity contribution is 0.0760. The molecule has 0 saturated carbocycles. The van der Waals surface area contributed by atoms with E-state index in [9.17, 15) is 9.90 Å². The summed E-state index contributed by atoms with van der Waals surface area (Å²) in [4.78, 5) is 14.0. The predicted molar refractivity (Wildman–Crippen MR) is 63.8 cm³/mol. The van der Waals surface area contributed by atoms with Crippen molar-refractivity contribution in [2.24, 2.45) is 5.92 Å². The Hall–Kier alpha value is -1.29. The van der Waals surface area contributed by atoms with Crippen molar-refractivity contribution >= 4 is 5.91 Å². The van der Waals surface area contributed by atoms with Crippen molar-refractivity contribution in [3.05, 3.63) is 23.7 Å². The molecule has 0 aliphatic carbocycles. The molecule has 94 valence electrons. The van der Waals surface area contributed by atoms with E-state index < -0.39 is 0 Å². The minimum absolute atomic E-state index is 0.0266. The van der Waals surface area contributed by atoms with Crippen molar-refractivity contribution < 1.29 is 14.3 Å². The topological polar surface area (TPSA) is 53.7 Å². The first-order chi connectivity index (χ1) is 8.13.